The van der Waals surface area contributed by atoms with Crippen LogP contribution in [0.2, 0.25) is 5.02 Å². The molecule has 4 aromatic rings. The molecule has 33 heavy (non-hydrogen) atoms. The molecule has 5 rings (SSSR count). The first kappa shape index (κ1) is 21.9. The Labute approximate surface area is 205 Å². The third kappa shape index (κ3) is 4.49. The molecule has 0 radical (unpaired) electrons. The quantitative estimate of drug-likeness (QED) is 0.298. The Morgan fingerprint density at radius 1 is 1.09 bits per heavy atom. The van der Waals surface area contributed by atoms with E-state index < -0.39 is 0 Å². The molecule has 0 spiro atoms. The SMILES string of the molecule is Cc1cc(N2C(=S)N[C@H](c3ccccn3)[C@@H]2c2ccc(Sc3ccc(Cl)cc3)o2)ccc1F. The number of hydrogen-bond acceptors (Lipinski definition) is 4. The van der Waals surface area contributed by atoms with Gasteiger partial charge in [0.15, 0.2) is 10.2 Å². The number of hydrogen-bond donors (Lipinski definition) is 1. The lowest BCUT2D eigenvalue weighted by Crippen LogP contribution is -2.29. The fraction of sp³-hybridized carbons (Fsp3) is 0.120. The van der Waals surface area contributed by atoms with Crippen LogP contribution in [0.3, 0.4) is 0 Å². The van der Waals surface area contributed by atoms with Crippen molar-refractivity contribution in [1.82, 2.24) is 10.3 Å². The van der Waals surface area contributed by atoms with Crippen molar-refractivity contribution in [3.8, 4) is 0 Å². The Bertz CT molecular complexity index is 1300. The van der Waals surface area contributed by atoms with Gasteiger partial charge in [0.25, 0.3) is 0 Å². The van der Waals surface area contributed by atoms with Crippen LogP contribution in [0.5, 0.6) is 0 Å². The van der Waals surface area contributed by atoms with Gasteiger partial charge in [-0.1, -0.05) is 29.4 Å². The molecule has 4 nitrogen and oxygen atoms in total. The van der Waals surface area contributed by atoms with E-state index in [-0.39, 0.29) is 17.9 Å². The average Bonchev–Trinajstić information content (AvgIpc) is 3.42. The molecule has 2 atom stereocenters. The van der Waals surface area contributed by atoms with Gasteiger partial charge in [-0.15, -0.1) is 0 Å². The molecule has 0 amide bonds. The third-order valence-electron chi connectivity index (χ3n) is 5.44. The first-order valence-electron chi connectivity index (χ1n) is 10.3. The molecule has 0 aliphatic carbocycles. The first-order chi connectivity index (χ1) is 16.0. The minimum atomic E-state index is -0.295. The summed E-state index contributed by atoms with van der Waals surface area (Å²) >= 11 is 13.2. The summed E-state index contributed by atoms with van der Waals surface area (Å²) in [6.45, 7) is 1.74. The average molecular weight is 496 g/mol. The highest BCUT2D eigenvalue weighted by atomic mass is 35.5. The molecule has 1 N–H and O–H groups in total. The van der Waals surface area contributed by atoms with E-state index in [0.29, 0.717) is 15.7 Å². The number of rotatable bonds is 5. The number of halogens is 2. The molecule has 1 aliphatic heterocycles. The van der Waals surface area contributed by atoms with Gasteiger partial charge in [-0.3, -0.25) is 4.98 Å². The second-order valence-corrected chi connectivity index (χ2v) is 9.54. The van der Waals surface area contributed by atoms with Crippen molar-refractivity contribution in [2.75, 3.05) is 4.90 Å². The molecule has 1 fully saturated rings. The van der Waals surface area contributed by atoms with Gasteiger partial charge in [-0.05, 0) is 91.4 Å². The van der Waals surface area contributed by atoms with Crippen molar-refractivity contribution >= 4 is 46.4 Å². The fourth-order valence-electron chi connectivity index (χ4n) is 3.87. The van der Waals surface area contributed by atoms with Gasteiger partial charge in [0.2, 0.25) is 0 Å². The van der Waals surface area contributed by atoms with Crippen molar-refractivity contribution in [1.29, 1.82) is 0 Å². The molecule has 166 valence electrons. The zero-order valence-electron chi connectivity index (χ0n) is 17.5. The highest BCUT2D eigenvalue weighted by molar-refractivity contribution is 7.99. The van der Waals surface area contributed by atoms with Crippen molar-refractivity contribution in [3.63, 3.8) is 0 Å². The zero-order chi connectivity index (χ0) is 22.9. The van der Waals surface area contributed by atoms with Crippen molar-refractivity contribution < 1.29 is 8.81 Å². The van der Waals surface area contributed by atoms with Crippen LogP contribution in [0.25, 0.3) is 0 Å². The van der Waals surface area contributed by atoms with Gasteiger partial charge in [0, 0.05) is 21.8 Å². The maximum Gasteiger partial charge on any atom is 0.174 e. The molecular weight excluding hydrogens is 477 g/mol. The molecule has 0 unspecified atom stereocenters. The van der Waals surface area contributed by atoms with Gasteiger partial charge in [-0.25, -0.2) is 4.39 Å². The summed E-state index contributed by atoms with van der Waals surface area (Å²) in [4.78, 5) is 7.54. The summed E-state index contributed by atoms with van der Waals surface area (Å²) in [5, 5.41) is 5.36. The second-order valence-electron chi connectivity index (χ2n) is 7.64. The van der Waals surface area contributed by atoms with Crippen LogP contribution in [0.15, 0.2) is 93.4 Å². The zero-order valence-corrected chi connectivity index (χ0v) is 19.9. The van der Waals surface area contributed by atoms with E-state index in [4.69, 9.17) is 28.2 Å². The second kappa shape index (κ2) is 9.17. The molecular formula is C25H19ClFN3OS2. The van der Waals surface area contributed by atoms with E-state index in [0.717, 1.165) is 27.1 Å². The Kier molecular flexibility index (Phi) is 6.10. The van der Waals surface area contributed by atoms with E-state index in [1.165, 1.54) is 17.8 Å². The topological polar surface area (TPSA) is 41.3 Å². The van der Waals surface area contributed by atoms with Gasteiger partial charge < -0.3 is 14.6 Å². The van der Waals surface area contributed by atoms with Gasteiger partial charge in [0.05, 0.1) is 11.7 Å². The smallest absolute Gasteiger partial charge is 0.174 e. The Morgan fingerprint density at radius 3 is 2.64 bits per heavy atom. The van der Waals surface area contributed by atoms with E-state index in [2.05, 4.69) is 10.3 Å². The normalized spacial score (nSPS) is 17.9. The minimum absolute atomic E-state index is 0.233. The highest BCUT2D eigenvalue weighted by Gasteiger charge is 2.42. The number of aryl methyl sites for hydroxylation is 1. The Hall–Kier alpha value is -2.87. The molecule has 1 saturated heterocycles. The van der Waals surface area contributed by atoms with Crippen molar-refractivity contribution in [2.45, 2.75) is 29.0 Å². The molecule has 2 aromatic heterocycles. The van der Waals surface area contributed by atoms with Gasteiger partial charge >= 0.3 is 0 Å². The summed E-state index contributed by atoms with van der Waals surface area (Å²) in [6, 6.07) is 21.7. The van der Waals surface area contributed by atoms with Crippen LogP contribution in [-0.2, 0) is 0 Å². The van der Waals surface area contributed by atoms with Crippen LogP contribution >= 0.6 is 35.6 Å². The molecule has 2 aromatic carbocycles. The molecule has 3 heterocycles. The van der Waals surface area contributed by atoms with Crippen molar-refractivity contribution in [3.05, 3.63) is 107 Å². The number of nitrogens with zero attached hydrogens (tertiary/aromatic N) is 2. The fourth-order valence-corrected chi connectivity index (χ4v) is 5.12. The number of nitrogens with one attached hydrogen (secondary N) is 1. The van der Waals surface area contributed by atoms with Gasteiger partial charge in [0.1, 0.15) is 17.6 Å². The Balaban J connectivity index is 1.53. The van der Waals surface area contributed by atoms with Crippen LogP contribution in [-0.4, -0.2) is 10.1 Å². The predicted molar refractivity (Wildman–Crippen MR) is 133 cm³/mol. The number of pyridine rings is 1. The number of anilines is 1. The van der Waals surface area contributed by atoms with E-state index in [1.807, 2.05) is 59.5 Å². The van der Waals surface area contributed by atoms with Crippen molar-refractivity contribution in [2.24, 2.45) is 0 Å². The lowest BCUT2D eigenvalue weighted by molar-refractivity contribution is 0.383. The van der Waals surface area contributed by atoms with Crippen LogP contribution in [0.4, 0.5) is 10.1 Å². The summed E-state index contributed by atoms with van der Waals surface area (Å²) in [5.74, 6) is 0.478. The number of aromatic nitrogens is 1. The van der Waals surface area contributed by atoms with E-state index >= 15 is 0 Å². The molecule has 1 aliphatic rings. The highest BCUT2D eigenvalue weighted by Crippen LogP contribution is 2.43. The number of furan rings is 1. The molecule has 0 saturated carbocycles. The lowest BCUT2D eigenvalue weighted by Gasteiger charge is -2.26. The largest absolute Gasteiger partial charge is 0.452 e. The maximum atomic E-state index is 14.0. The maximum absolute atomic E-state index is 14.0. The number of benzene rings is 2. The van der Waals surface area contributed by atoms with Crippen LogP contribution in [0, 0.1) is 12.7 Å². The summed E-state index contributed by atoms with van der Waals surface area (Å²) in [5.41, 5.74) is 2.18. The summed E-state index contributed by atoms with van der Waals surface area (Å²) < 4.78 is 20.3. The predicted octanol–water partition coefficient (Wildman–Crippen LogP) is 7.10. The standard InChI is InChI=1S/C25H19ClFN3OS2/c1-15-14-17(7-10-19(15)27)30-24(23(29-25(30)32)20-4-2-3-13-28-20)21-11-12-22(31-21)33-18-8-5-16(26)6-9-18/h2-14,23-24H,1H3,(H,29,32)/t23-,24+/m1/s1. The summed E-state index contributed by atoms with van der Waals surface area (Å²) in [7, 11) is 0. The monoisotopic (exact) mass is 495 g/mol. The summed E-state index contributed by atoms with van der Waals surface area (Å²) in [6.07, 6.45) is 1.76. The van der Waals surface area contributed by atoms with E-state index in [9.17, 15) is 4.39 Å². The van der Waals surface area contributed by atoms with E-state index in [1.54, 1.807) is 25.3 Å². The Morgan fingerprint density at radius 2 is 1.91 bits per heavy atom. The number of thiocarbonyl (C=S) groups is 1. The lowest BCUT2D eigenvalue weighted by atomic mass is 10.0. The molecule has 0 bridgehead atoms. The first-order valence-corrected chi connectivity index (χ1v) is 11.9. The van der Waals surface area contributed by atoms with Gasteiger partial charge in [-0.2, -0.15) is 0 Å². The minimum Gasteiger partial charge on any atom is -0.452 e. The third-order valence-corrected chi connectivity index (χ3v) is 6.94. The molecule has 8 heteroatoms. The van der Waals surface area contributed by atoms with Crippen LogP contribution in [0.1, 0.15) is 29.1 Å². The van der Waals surface area contributed by atoms with Crippen LogP contribution < -0.4 is 10.2 Å².